The summed E-state index contributed by atoms with van der Waals surface area (Å²) in [6.45, 7) is 2.18. The van der Waals surface area contributed by atoms with Crippen LogP contribution in [0, 0.1) is 5.82 Å². The van der Waals surface area contributed by atoms with E-state index < -0.39 is 11.8 Å². The van der Waals surface area contributed by atoms with Crippen molar-refractivity contribution in [3.8, 4) is 11.5 Å². The molecule has 7 nitrogen and oxygen atoms in total. The van der Waals surface area contributed by atoms with Crippen LogP contribution in [0.25, 0.3) is 0 Å². The molecule has 0 spiro atoms. The minimum Gasteiger partial charge on any atom is -0.493 e. The summed E-state index contributed by atoms with van der Waals surface area (Å²) in [7, 11) is 1.49. The molecule has 0 fully saturated rings. The molecule has 3 aromatic carbocycles. The maximum absolute atomic E-state index is 13.1. The van der Waals surface area contributed by atoms with Crippen molar-refractivity contribution in [2.75, 3.05) is 12.4 Å². The average molecular weight is 528 g/mol. The van der Waals surface area contributed by atoms with Crippen LogP contribution in [0.5, 0.6) is 11.5 Å². The summed E-state index contributed by atoms with van der Waals surface area (Å²) in [4.78, 5) is 24.3. The Morgan fingerprint density at radius 2 is 1.82 bits per heavy atom. The van der Waals surface area contributed by atoms with Crippen LogP contribution in [0.15, 0.2) is 70.2 Å². The van der Waals surface area contributed by atoms with Crippen LogP contribution in [0.3, 0.4) is 0 Å². The summed E-state index contributed by atoms with van der Waals surface area (Å²) in [5, 5.41) is 6.44. The smallest absolute Gasteiger partial charge is 0.329 e. The summed E-state index contributed by atoms with van der Waals surface area (Å²) in [5.74, 6) is -1.14. The molecule has 34 heavy (non-hydrogen) atoms. The quantitative estimate of drug-likeness (QED) is 0.249. The molecular formula is C25H23BrFN3O4. The fourth-order valence-corrected chi connectivity index (χ4v) is 3.61. The number of para-hydroxylation sites is 1. The van der Waals surface area contributed by atoms with Crippen LogP contribution in [0.2, 0.25) is 0 Å². The number of nitrogens with zero attached hydrogens (tertiary/aromatic N) is 1. The molecule has 0 unspecified atom stereocenters. The zero-order valence-electron chi connectivity index (χ0n) is 18.6. The lowest BCUT2D eigenvalue weighted by atomic mass is 10.1. The largest absolute Gasteiger partial charge is 0.493 e. The van der Waals surface area contributed by atoms with E-state index in [4.69, 9.17) is 9.47 Å². The topological polar surface area (TPSA) is 89.0 Å². The Morgan fingerprint density at radius 3 is 2.53 bits per heavy atom. The van der Waals surface area contributed by atoms with E-state index in [0.29, 0.717) is 27.2 Å². The Morgan fingerprint density at radius 1 is 1.09 bits per heavy atom. The molecule has 0 saturated carbocycles. The molecule has 3 rings (SSSR count). The van der Waals surface area contributed by atoms with Gasteiger partial charge in [-0.2, -0.15) is 5.10 Å². The molecule has 0 aliphatic rings. The van der Waals surface area contributed by atoms with Gasteiger partial charge in [-0.15, -0.1) is 0 Å². The molecule has 0 heterocycles. The van der Waals surface area contributed by atoms with Gasteiger partial charge < -0.3 is 14.8 Å². The third kappa shape index (κ3) is 6.64. The van der Waals surface area contributed by atoms with Gasteiger partial charge in [-0.25, -0.2) is 9.82 Å². The number of methoxy groups -OCH3 is 1. The second-order valence-corrected chi connectivity index (χ2v) is 7.97. The molecule has 3 aromatic rings. The number of hydrogen-bond donors (Lipinski definition) is 2. The van der Waals surface area contributed by atoms with E-state index in [2.05, 4.69) is 31.8 Å². The average Bonchev–Trinajstić information content (AvgIpc) is 2.84. The van der Waals surface area contributed by atoms with Crippen molar-refractivity contribution in [1.29, 1.82) is 0 Å². The van der Waals surface area contributed by atoms with Crippen molar-refractivity contribution in [2.24, 2.45) is 5.10 Å². The molecular weight excluding hydrogens is 505 g/mol. The molecule has 9 heteroatoms. The van der Waals surface area contributed by atoms with Crippen molar-refractivity contribution in [3.05, 3.63) is 87.6 Å². The van der Waals surface area contributed by atoms with E-state index in [-0.39, 0.29) is 12.4 Å². The van der Waals surface area contributed by atoms with Crippen molar-refractivity contribution in [2.45, 2.75) is 20.0 Å². The molecule has 0 atom stereocenters. The van der Waals surface area contributed by atoms with E-state index in [1.165, 1.54) is 25.5 Å². The fourth-order valence-electron chi connectivity index (χ4n) is 3.04. The molecule has 2 N–H and O–H groups in total. The molecule has 0 radical (unpaired) electrons. The maximum Gasteiger partial charge on any atom is 0.329 e. The number of rotatable bonds is 8. The SMILES string of the molecule is CCc1ccccc1NC(=O)C(=O)N/N=C/c1cc(Br)c(OCc2ccc(F)cc2)c(OC)c1. The number of carbonyl (C=O) groups is 2. The molecule has 2 amide bonds. The minimum absolute atomic E-state index is 0.217. The van der Waals surface area contributed by atoms with Crippen LogP contribution in [-0.4, -0.2) is 25.1 Å². The van der Waals surface area contributed by atoms with Gasteiger partial charge in [0.25, 0.3) is 0 Å². The Kier molecular flexibility index (Phi) is 8.75. The van der Waals surface area contributed by atoms with E-state index in [1.54, 1.807) is 36.4 Å². The summed E-state index contributed by atoms with van der Waals surface area (Å²) in [6, 6.07) is 16.6. The van der Waals surface area contributed by atoms with Gasteiger partial charge in [0.05, 0.1) is 17.8 Å². The Hall–Kier alpha value is -3.72. The first-order chi connectivity index (χ1) is 16.4. The highest BCUT2D eigenvalue weighted by atomic mass is 79.9. The van der Waals surface area contributed by atoms with Crippen LogP contribution < -0.4 is 20.2 Å². The number of amides is 2. The van der Waals surface area contributed by atoms with Gasteiger partial charge in [0.2, 0.25) is 0 Å². The summed E-state index contributed by atoms with van der Waals surface area (Å²) in [6.07, 6.45) is 2.10. The lowest BCUT2D eigenvalue weighted by Crippen LogP contribution is -2.32. The van der Waals surface area contributed by atoms with Crippen LogP contribution in [0.4, 0.5) is 10.1 Å². The van der Waals surface area contributed by atoms with E-state index in [1.807, 2.05) is 19.1 Å². The normalized spacial score (nSPS) is 10.7. The monoisotopic (exact) mass is 527 g/mol. The number of benzene rings is 3. The van der Waals surface area contributed by atoms with Gasteiger partial charge in [-0.3, -0.25) is 9.59 Å². The number of ether oxygens (including phenoxy) is 2. The Bertz CT molecular complexity index is 1200. The second-order valence-electron chi connectivity index (χ2n) is 7.11. The third-order valence-electron chi connectivity index (χ3n) is 4.78. The van der Waals surface area contributed by atoms with Gasteiger partial charge in [-0.1, -0.05) is 37.3 Å². The predicted molar refractivity (Wildman–Crippen MR) is 132 cm³/mol. The third-order valence-corrected chi connectivity index (χ3v) is 5.37. The Labute approximate surface area is 205 Å². The van der Waals surface area contributed by atoms with E-state index in [9.17, 15) is 14.0 Å². The zero-order valence-corrected chi connectivity index (χ0v) is 20.2. The summed E-state index contributed by atoms with van der Waals surface area (Å²) in [5.41, 5.74) is 5.10. The van der Waals surface area contributed by atoms with Crippen LogP contribution >= 0.6 is 15.9 Å². The zero-order chi connectivity index (χ0) is 24.5. The predicted octanol–water partition coefficient (Wildman–Crippen LogP) is 4.83. The number of hydrogen-bond acceptors (Lipinski definition) is 5. The lowest BCUT2D eigenvalue weighted by molar-refractivity contribution is -0.136. The first-order valence-corrected chi connectivity index (χ1v) is 11.2. The first kappa shape index (κ1) is 24.9. The molecule has 176 valence electrons. The van der Waals surface area contributed by atoms with Crippen molar-refractivity contribution >= 4 is 39.6 Å². The highest BCUT2D eigenvalue weighted by Crippen LogP contribution is 2.36. The number of anilines is 1. The van der Waals surface area contributed by atoms with Crippen LogP contribution in [0.1, 0.15) is 23.6 Å². The molecule has 0 saturated heterocycles. The number of nitrogens with one attached hydrogen (secondary N) is 2. The highest BCUT2D eigenvalue weighted by Gasteiger charge is 2.15. The number of carbonyl (C=O) groups excluding carboxylic acids is 2. The van der Waals surface area contributed by atoms with Gasteiger partial charge in [0.1, 0.15) is 12.4 Å². The summed E-state index contributed by atoms with van der Waals surface area (Å²) < 4.78 is 24.9. The number of halogens is 2. The van der Waals surface area contributed by atoms with Crippen molar-refractivity contribution in [1.82, 2.24) is 5.43 Å². The molecule has 0 aliphatic heterocycles. The number of hydrazone groups is 1. The number of aryl methyl sites for hydroxylation is 1. The second kappa shape index (κ2) is 11.9. The van der Waals surface area contributed by atoms with Gasteiger partial charge in [0, 0.05) is 5.69 Å². The fraction of sp³-hybridized carbons (Fsp3) is 0.160. The van der Waals surface area contributed by atoms with Crippen LogP contribution in [-0.2, 0) is 22.6 Å². The van der Waals surface area contributed by atoms with Crippen molar-refractivity contribution < 1.29 is 23.5 Å². The molecule has 0 aromatic heterocycles. The van der Waals surface area contributed by atoms with E-state index in [0.717, 1.165) is 17.5 Å². The van der Waals surface area contributed by atoms with E-state index >= 15 is 0 Å². The minimum atomic E-state index is -0.896. The first-order valence-electron chi connectivity index (χ1n) is 10.4. The maximum atomic E-state index is 13.1. The van der Waals surface area contributed by atoms with Gasteiger partial charge in [-0.05, 0) is 69.4 Å². The molecule has 0 bridgehead atoms. The molecule has 0 aliphatic carbocycles. The Balaban J connectivity index is 1.62. The van der Waals surface area contributed by atoms with Gasteiger partial charge in [0.15, 0.2) is 11.5 Å². The summed E-state index contributed by atoms with van der Waals surface area (Å²) >= 11 is 3.44. The standard InChI is InChI=1S/C25H23BrFN3O4/c1-3-18-6-4-5-7-21(18)29-24(31)25(32)30-28-14-17-12-20(26)23(22(13-17)33-2)34-15-16-8-10-19(27)11-9-16/h4-14H,3,15H2,1-2H3,(H,29,31)(H,30,32)/b28-14+. The van der Waals surface area contributed by atoms with Crippen molar-refractivity contribution in [3.63, 3.8) is 0 Å². The lowest BCUT2D eigenvalue weighted by Gasteiger charge is -2.13. The van der Waals surface area contributed by atoms with Gasteiger partial charge >= 0.3 is 11.8 Å². The highest BCUT2D eigenvalue weighted by molar-refractivity contribution is 9.10.